The first-order chi connectivity index (χ1) is 12.3. The molecule has 1 atom stereocenters. The average molecular weight is 458 g/mol. The van der Waals surface area contributed by atoms with Gasteiger partial charge in [0.25, 0.3) is 0 Å². The molecule has 1 saturated heterocycles. The molecule has 1 amide bonds. The maximum atomic E-state index is 12.9. The highest BCUT2D eigenvalue weighted by molar-refractivity contribution is 9.10. The number of aromatic nitrogens is 1. The summed E-state index contributed by atoms with van der Waals surface area (Å²) >= 11 is 4.66. The molecular formula is C17H20BrN3O3S2. The van der Waals surface area contributed by atoms with Gasteiger partial charge in [-0.3, -0.25) is 4.79 Å². The van der Waals surface area contributed by atoms with Crippen LogP contribution >= 0.6 is 27.3 Å². The predicted molar refractivity (Wildman–Crippen MR) is 106 cm³/mol. The van der Waals surface area contributed by atoms with Crippen LogP contribution in [0.25, 0.3) is 0 Å². The van der Waals surface area contributed by atoms with Crippen LogP contribution in [0.1, 0.15) is 38.3 Å². The van der Waals surface area contributed by atoms with E-state index in [1.54, 1.807) is 24.3 Å². The number of carbonyl (C=O) groups is 1. The van der Waals surface area contributed by atoms with Crippen molar-refractivity contribution < 1.29 is 13.2 Å². The molecule has 9 heteroatoms. The lowest BCUT2D eigenvalue weighted by Crippen LogP contribution is -2.43. The molecule has 3 rings (SSSR count). The number of rotatable bonds is 5. The highest BCUT2D eigenvalue weighted by Crippen LogP contribution is 2.28. The first-order valence-electron chi connectivity index (χ1n) is 8.32. The third-order valence-electron chi connectivity index (χ3n) is 4.27. The van der Waals surface area contributed by atoms with Gasteiger partial charge in [-0.15, -0.1) is 11.3 Å². The maximum absolute atomic E-state index is 12.9. The summed E-state index contributed by atoms with van der Waals surface area (Å²) in [5, 5.41) is 5.19. The van der Waals surface area contributed by atoms with Crippen molar-refractivity contribution in [1.29, 1.82) is 0 Å². The topological polar surface area (TPSA) is 79.4 Å². The minimum Gasteiger partial charge on any atom is -0.301 e. The normalized spacial score (nSPS) is 18.4. The van der Waals surface area contributed by atoms with Gasteiger partial charge in [-0.1, -0.05) is 29.8 Å². The van der Waals surface area contributed by atoms with Crippen LogP contribution in [0.3, 0.4) is 0 Å². The second kappa shape index (κ2) is 7.75. The molecule has 140 valence electrons. The number of halogens is 1. The minimum absolute atomic E-state index is 0.191. The van der Waals surface area contributed by atoms with Gasteiger partial charge in [0.15, 0.2) is 5.13 Å². The van der Waals surface area contributed by atoms with E-state index in [9.17, 15) is 13.2 Å². The molecule has 1 aliphatic rings. The molecule has 2 aromatic rings. The number of sulfonamides is 1. The molecule has 1 aromatic heterocycles. The van der Waals surface area contributed by atoms with Crippen molar-refractivity contribution in [3.8, 4) is 0 Å². The van der Waals surface area contributed by atoms with E-state index < -0.39 is 16.1 Å². The summed E-state index contributed by atoms with van der Waals surface area (Å²) in [5.41, 5.74) is 0.913. The van der Waals surface area contributed by atoms with Gasteiger partial charge in [0.1, 0.15) is 6.04 Å². The van der Waals surface area contributed by atoms with Gasteiger partial charge in [0, 0.05) is 16.4 Å². The van der Waals surface area contributed by atoms with Gasteiger partial charge in [0.05, 0.1) is 10.6 Å². The highest BCUT2D eigenvalue weighted by atomic mass is 79.9. The molecule has 1 fully saturated rings. The molecule has 2 heterocycles. The zero-order valence-corrected chi connectivity index (χ0v) is 17.7. The van der Waals surface area contributed by atoms with Crippen molar-refractivity contribution in [2.75, 3.05) is 11.9 Å². The Balaban J connectivity index is 1.78. The zero-order valence-electron chi connectivity index (χ0n) is 14.5. The number of nitrogens with zero attached hydrogens (tertiary/aromatic N) is 2. The molecule has 1 aliphatic heterocycles. The molecule has 1 unspecified atom stereocenters. The van der Waals surface area contributed by atoms with E-state index in [0.717, 1.165) is 10.2 Å². The van der Waals surface area contributed by atoms with Crippen molar-refractivity contribution in [1.82, 2.24) is 9.29 Å². The molecule has 26 heavy (non-hydrogen) atoms. The van der Waals surface area contributed by atoms with E-state index >= 15 is 0 Å². The van der Waals surface area contributed by atoms with Crippen LogP contribution in [0.4, 0.5) is 5.13 Å². The monoisotopic (exact) mass is 457 g/mol. The molecule has 0 aliphatic carbocycles. The second-order valence-corrected chi connectivity index (χ2v) is 10.1. The van der Waals surface area contributed by atoms with Crippen LogP contribution in [-0.4, -0.2) is 36.2 Å². The SMILES string of the molecule is CC(C)c1csc(NC(=O)C2CCCN2S(=O)(=O)c2ccc(Br)cc2)n1. The fourth-order valence-corrected chi connectivity index (χ4v) is 5.62. The van der Waals surface area contributed by atoms with Crippen LogP contribution in [0.5, 0.6) is 0 Å². The second-order valence-electron chi connectivity index (χ2n) is 6.45. The van der Waals surface area contributed by atoms with Crippen molar-refractivity contribution >= 4 is 48.3 Å². The number of hydrogen-bond donors (Lipinski definition) is 1. The number of carbonyl (C=O) groups excluding carboxylic acids is 1. The van der Waals surface area contributed by atoms with E-state index in [0.29, 0.717) is 24.5 Å². The molecule has 0 saturated carbocycles. The van der Waals surface area contributed by atoms with Crippen LogP contribution in [0.15, 0.2) is 39.0 Å². The van der Waals surface area contributed by atoms with Gasteiger partial charge in [-0.05, 0) is 43.0 Å². The van der Waals surface area contributed by atoms with Crippen molar-refractivity contribution in [3.05, 3.63) is 39.8 Å². The fraction of sp³-hybridized carbons (Fsp3) is 0.412. The third kappa shape index (κ3) is 4.00. The summed E-state index contributed by atoms with van der Waals surface area (Å²) in [4.78, 5) is 17.3. The summed E-state index contributed by atoms with van der Waals surface area (Å²) in [6.45, 7) is 4.40. The van der Waals surface area contributed by atoms with Crippen molar-refractivity contribution in [2.45, 2.75) is 43.5 Å². The summed E-state index contributed by atoms with van der Waals surface area (Å²) in [6.07, 6.45) is 1.16. The first-order valence-corrected chi connectivity index (χ1v) is 11.4. The third-order valence-corrected chi connectivity index (χ3v) is 7.50. The zero-order chi connectivity index (χ0) is 18.9. The summed E-state index contributed by atoms with van der Waals surface area (Å²) in [7, 11) is -3.72. The number of thiazole rings is 1. The minimum atomic E-state index is -3.72. The van der Waals surface area contributed by atoms with Gasteiger partial charge < -0.3 is 5.32 Å². The Hall–Kier alpha value is -1.29. The number of nitrogens with one attached hydrogen (secondary N) is 1. The van der Waals surface area contributed by atoms with Gasteiger partial charge >= 0.3 is 0 Å². The van der Waals surface area contributed by atoms with Crippen molar-refractivity contribution in [2.24, 2.45) is 0 Å². The molecule has 6 nitrogen and oxygen atoms in total. The van der Waals surface area contributed by atoms with Crippen molar-refractivity contribution in [3.63, 3.8) is 0 Å². The lowest BCUT2D eigenvalue weighted by Gasteiger charge is -2.23. The number of benzene rings is 1. The highest BCUT2D eigenvalue weighted by Gasteiger charge is 2.39. The molecular weight excluding hydrogens is 438 g/mol. The smallest absolute Gasteiger partial charge is 0.244 e. The summed E-state index contributed by atoms with van der Waals surface area (Å²) in [5.74, 6) is -0.0505. The van der Waals surface area contributed by atoms with Crippen LogP contribution < -0.4 is 5.32 Å². The number of anilines is 1. The summed E-state index contributed by atoms with van der Waals surface area (Å²) < 4.78 is 27.9. The Kier molecular flexibility index (Phi) is 5.81. The Labute approximate surface area is 165 Å². The van der Waals surface area contributed by atoms with E-state index in [1.807, 2.05) is 19.2 Å². The van der Waals surface area contributed by atoms with Gasteiger partial charge in [-0.25, -0.2) is 13.4 Å². The van der Waals surface area contributed by atoms with Crippen LogP contribution in [0.2, 0.25) is 0 Å². The fourth-order valence-electron chi connectivity index (χ4n) is 2.83. The van der Waals surface area contributed by atoms with E-state index in [1.165, 1.54) is 15.6 Å². The van der Waals surface area contributed by atoms with E-state index in [4.69, 9.17) is 0 Å². The molecule has 1 N–H and O–H groups in total. The molecule has 0 bridgehead atoms. The number of amides is 1. The summed E-state index contributed by atoms with van der Waals surface area (Å²) in [6, 6.07) is 5.74. The van der Waals surface area contributed by atoms with Gasteiger partial charge in [-0.2, -0.15) is 4.31 Å². The maximum Gasteiger partial charge on any atom is 0.244 e. The van der Waals surface area contributed by atoms with Crippen LogP contribution in [-0.2, 0) is 14.8 Å². The quantitative estimate of drug-likeness (QED) is 0.739. The Morgan fingerprint density at radius 2 is 2.04 bits per heavy atom. The molecule has 0 spiro atoms. The van der Waals surface area contributed by atoms with E-state index in [2.05, 4.69) is 26.2 Å². The van der Waals surface area contributed by atoms with Crippen LogP contribution in [0, 0.1) is 0 Å². The molecule has 1 aromatic carbocycles. The first kappa shape index (κ1) is 19.5. The average Bonchev–Trinajstić information content (AvgIpc) is 3.24. The lowest BCUT2D eigenvalue weighted by atomic mass is 10.2. The Morgan fingerprint density at radius 3 is 2.65 bits per heavy atom. The molecule has 0 radical (unpaired) electrons. The Morgan fingerprint density at radius 1 is 1.35 bits per heavy atom. The lowest BCUT2D eigenvalue weighted by molar-refractivity contribution is -0.119. The van der Waals surface area contributed by atoms with Gasteiger partial charge in [0.2, 0.25) is 15.9 Å². The number of hydrogen-bond acceptors (Lipinski definition) is 5. The standard InChI is InChI=1S/C17H20BrN3O3S2/c1-11(2)14-10-25-17(19-14)20-16(22)15-4-3-9-21(15)26(23,24)13-7-5-12(18)6-8-13/h5-8,10-11,15H,3-4,9H2,1-2H3,(H,19,20,22). The largest absolute Gasteiger partial charge is 0.301 e. The van der Waals surface area contributed by atoms with E-state index in [-0.39, 0.29) is 16.7 Å². The predicted octanol–water partition coefficient (Wildman–Crippen LogP) is 3.82. The Bertz CT molecular complexity index is 894.